The molecule has 2 aliphatic rings. The van der Waals surface area contributed by atoms with E-state index in [1.807, 2.05) is 19.2 Å². The van der Waals surface area contributed by atoms with Gasteiger partial charge in [-0.15, -0.1) is 11.3 Å². The minimum absolute atomic E-state index is 0.0353. The molecule has 2 saturated heterocycles. The van der Waals surface area contributed by atoms with Gasteiger partial charge in [0.1, 0.15) is 29.4 Å². The monoisotopic (exact) mass is 730 g/mol. The molecule has 3 rings (SSSR count). The molecule has 2 aliphatic heterocycles. The minimum atomic E-state index is -1.89. The molecule has 7 N–H and O–H groups in total. The maximum absolute atomic E-state index is 13.4. The van der Waals surface area contributed by atoms with E-state index in [1.54, 1.807) is 45.2 Å². The summed E-state index contributed by atoms with van der Waals surface area (Å²) in [5.74, 6) is -4.00. The number of oxime groups is 1. The van der Waals surface area contributed by atoms with Gasteiger partial charge in [-0.3, -0.25) is 4.79 Å². The fraction of sp³-hybridized carbons (Fsp3) is 0.857. The number of nitrogens with zero attached hydrogens (tertiary/aromatic N) is 2. The molecule has 13 atom stereocenters. The Morgan fingerprint density at radius 1 is 1.04 bits per heavy atom. The second-order valence-electron chi connectivity index (χ2n) is 14.6. The molecule has 50 heavy (non-hydrogen) atoms. The number of aromatic nitrogens is 1. The van der Waals surface area contributed by atoms with Crippen molar-refractivity contribution in [1.82, 2.24) is 15.6 Å². The van der Waals surface area contributed by atoms with Crippen molar-refractivity contribution in [3.8, 4) is 0 Å². The number of cyclic esters (lactones) is 1. The van der Waals surface area contributed by atoms with Crippen LogP contribution < -0.4 is 10.6 Å². The number of nitrogens with one attached hydrogen (secondary N) is 2. The van der Waals surface area contributed by atoms with Crippen molar-refractivity contribution in [1.29, 1.82) is 0 Å². The van der Waals surface area contributed by atoms with Gasteiger partial charge in [0, 0.05) is 55.5 Å². The third kappa shape index (κ3) is 11.4. The normalized spacial score (nSPS) is 40.3. The number of hydrogen-bond acceptors (Lipinski definition) is 15. The number of carbonyl (C=O) groups excluding carboxylic acids is 1. The van der Waals surface area contributed by atoms with E-state index in [-0.39, 0.29) is 25.6 Å². The van der Waals surface area contributed by atoms with E-state index in [4.69, 9.17) is 19.0 Å². The predicted octanol–water partition coefficient (Wildman–Crippen LogP) is 1.96. The van der Waals surface area contributed by atoms with Gasteiger partial charge in [0.05, 0.1) is 41.6 Å². The van der Waals surface area contributed by atoms with Crippen LogP contribution in [-0.2, 0) is 30.4 Å². The summed E-state index contributed by atoms with van der Waals surface area (Å²) in [6.07, 6.45) is -4.11. The number of carbonyl (C=O) groups is 1. The van der Waals surface area contributed by atoms with Crippen LogP contribution in [-0.4, -0.2) is 123 Å². The van der Waals surface area contributed by atoms with Crippen LogP contribution in [0.2, 0.25) is 0 Å². The summed E-state index contributed by atoms with van der Waals surface area (Å²) in [7, 11) is 0. The van der Waals surface area contributed by atoms with Gasteiger partial charge in [-0.05, 0) is 53.4 Å². The van der Waals surface area contributed by atoms with Crippen LogP contribution in [0.15, 0.2) is 16.7 Å². The molecule has 0 aliphatic carbocycles. The molecule has 14 nitrogen and oxygen atoms in total. The summed E-state index contributed by atoms with van der Waals surface area (Å²) < 4.78 is 18.0. The summed E-state index contributed by atoms with van der Waals surface area (Å²) in [6.45, 7) is 16.1. The second kappa shape index (κ2) is 19.3. The van der Waals surface area contributed by atoms with Crippen molar-refractivity contribution in [2.24, 2.45) is 28.8 Å². The molecule has 15 heteroatoms. The van der Waals surface area contributed by atoms with Crippen molar-refractivity contribution >= 4 is 23.0 Å². The minimum Gasteiger partial charge on any atom is -0.459 e. The fourth-order valence-corrected chi connectivity index (χ4v) is 7.65. The standard InChI is InChI=1S/C35H62N4O10S/c1-9-26-35(8,45)30(42)22(4)28(39-46-16-14-36-12-13-37-19-27-38-15-17-50-27)20(2)18-34(7,44)31(23(5)29(41)24(6)32(43)48-26)49-33-25(40)11-10-21(3)47-33/h15,17,20-26,29-31,33,36-37,40-42,44-45H,9-14,16,18-19H2,1-8H3/b39-28+/t20-,21-,22+,23+,24-,25+,26-,29+,30+,31+,33+,34?,35-/m1/s1. The molecule has 0 saturated carbocycles. The molecule has 0 spiro atoms. The van der Waals surface area contributed by atoms with Gasteiger partial charge in [-0.1, -0.05) is 32.9 Å². The quantitative estimate of drug-likeness (QED) is 0.0935. The Bertz CT molecular complexity index is 1190. The van der Waals surface area contributed by atoms with Crippen molar-refractivity contribution in [3.05, 3.63) is 16.6 Å². The van der Waals surface area contributed by atoms with Gasteiger partial charge in [0.25, 0.3) is 0 Å². The molecule has 0 amide bonds. The van der Waals surface area contributed by atoms with Gasteiger partial charge >= 0.3 is 5.97 Å². The zero-order chi connectivity index (χ0) is 37.2. The number of ether oxygens (including phenoxy) is 3. The first-order valence-electron chi connectivity index (χ1n) is 18.0. The van der Waals surface area contributed by atoms with E-state index in [1.165, 1.54) is 13.8 Å². The number of aliphatic hydroxyl groups excluding tert-OH is 3. The van der Waals surface area contributed by atoms with Crippen LogP contribution in [0.3, 0.4) is 0 Å². The third-order valence-corrected chi connectivity index (χ3v) is 10.9. The molecular weight excluding hydrogens is 668 g/mol. The van der Waals surface area contributed by atoms with Crippen molar-refractivity contribution < 1.29 is 49.4 Å². The van der Waals surface area contributed by atoms with Gasteiger partial charge in [0.15, 0.2) is 6.29 Å². The maximum atomic E-state index is 13.4. The van der Waals surface area contributed by atoms with E-state index in [0.29, 0.717) is 38.2 Å². The molecule has 0 radical (unpaired) electrons. The molecule has 0 aromatic carbocycles. The van der Waals surface area contributed by atoms with Crippen LogP contribution in [0.25, 0.3) is 0 Å². The second-order valence-corrected chi connectivity index (χ2v) is 15.6. The van der Waals surface area contributed by atoms with E-state index in [9.17, 15) is 30.3 Å². The topological polar surface area (TPSA) is 204 Å². The molecule has 0 bridgehead atoms. The van der Waals surface area contributed by atoms with Gasteiger partial charge in [-0.25, -0.2) is 4.98 Å². The number of esters is 1. The van der Waals surface area contributed by atoms with Crippen molar-refractivity contribution in [3.63, 3.8) is 0 Å². The van der Waals surface area contributed by atoms with Crippen LogP contribution >= 0.6 is 11.3 Å². The van der Waals surface area contributed by atoms with Crippen LogP contribution in [0.1, 0.15) is 86.1 Å². The molecule has 3 heterocycles. The Hall–Kier alpha value is -1.79. The largest absolute Gasteiger partial charge is 0.459 e. The number of hydrogen-bond donors (Lipinski definition) is 7. The summed E-state index contributed by atoms with van der Waals surface area (Å²) in [5.41, 5.74) is -3.17. The maximum Gasteiger partial charge on any atom is 0.311 e. The third-order valence-electron chi connectivity index (χ3n) is 10.2. The molecule has 1 unspecified atom stereocenters. The first-order chi connectivity index (χ1) is 23.5. The molecule has 288 valence electrons. The Balaban J connectivity index is 1.86. The predicted molar refractivity (Wildman–Crippen MR) is 189 cm³/mol. The zero-order valence-corrected chi connectivity index (χ0v) is 31.8. The van der Waals surface area contributed by atoms with Crippen LogP contribution in [0.4, 0.5) is 0 Å². The zero-order valence-electron chi connectivity index (χ0n) is 30.9. The van der Waals surface area contributed by atoms with Crippen molar-refractivity contribution in [2.45, 2.75) is 142 Å². The van der Waals surface area contributed by atoms with Crippen LogP contribution in [0.5, 0.6) is 0 Å². The Labute approximate surface area is 300 Å². The summed E-state index contributed by atoms with van der Waals surface area (Å²) in [4.78, 5) is 23.4. The molecular formula is C35H62N4O10S. The number of aliphatic hydroxyl groups is 5. The highest BCUT2D eigenvalue weighted by Crippen LogP contribution is 2.37. The summed E-state index contributed by atoms with van der Waals surface area (Å²) in [5, 5.41) is 71.7. The lowest BCUT2D eigenvalue weighted by Crippen LogP contribution is -2.58. The highest BCUT2D eigenvalue weighted by atomic mass is 32.1. The van der Waals surface area contributed by atoms with Gasteiger partial charge in [-0.2, -0.15) is 0 Å². The Morgan fingerprint density at radius 2 is 1.74 bits per heavy atom. The van der Waals surface area contributed by atoms with Crippen molar-refractivity contribution in [2.75, 3.05) is 26.2 Å². The lowest BCUT2D eigenvalue weighted by atomic mass is 9.73. The smallest absolute Gasteiger partial charge is 0.311 e. The van der Waals surface area contributed by atoms with Gasteiger partial charge < -0.3 is 55.2 Å². The average molecular weight is 731 g/mol. The van der Waals surface area contributed by atoms with E-state index < -0.39 is 77.7 Å². The highest BCUT2D eigenvalue weighted by Gasteiger charge is 2.50. The lowest BCUT2D eigenvalue weighted by Gasteiger charge is -2.45. The highest BCUT2D eigenvalue weighted by molar-refractivity contribution is 7.09. The lowest BCUT2D eigenvalue weighted by molar-refractivity contribution is -0.289. The summed E-state index contributed by atoms with van der Waals surface area (Å²) in [6, 6.07) is 0. The first-order valence-corrected chi connectivity index (χ1v) is 18.9. The fourth-order valence-electron chi connectivity index (χ4n) is 7.07. The average Bonchev–Trinajstić information content (AvgIpc) is 3.59. The molecule has 1 aromatic rings. The van der Waals surface area contributed by atoms with E-state index in [2.05, 4.69) is 20.8 Å². The molecule has 2 fully saturated rings. The molecule has 1 aromatic heterocycles. The van der Waals surface area contributed by atoms with E-state index >= 15 is 0 Å². The van der Waals surface area contributed by atoms with Gasteiger partial charge in [0.2, 0.25) is 0 Å². The summed E-state index contributed by atoms with van der Waals surface area (Å²) >= 11 is 1.60. The number of rotatable bonds is 12. The van der Waals surface area contributed by atoms with E-state index in [0.717, 1.165) is 11.6 Å². The Morgan fingerprint density at radius 3 is 2.40 bits per heavy atom. The number of thiazole rings is 1. The van der Waals surface area contributed by atoms with Crippen LogP contribution in [0, 0.1) is 23.7 Å². The first kappa shape index (κ1) is 42.6. The Kier molecular flexibility index (Phi) is 16.5. The SMILES string of the molecule is CC[C@H]1OC(=O)[C@H](C)[C@@H](O)[C@H](C)[C@H](O[C@@H]2O[C@H](C)CC[C@@H]2O)C(C)(O)C[C@@H](C)/C(=N\OCCNCCNCc2nccs2)[C@H](C)[C@H](O)[C@]1(C)O.